The summed E-state index contributed by atoms with van der Waals surface area (Å²) in [6, 6.07) is 3.00. The molecule has 6 heteroatoms. The van der Waals surface area contributed by atoms with Crippen molar-refractivity contribution in [2.75, 3.05) is 26.6 Å². The number of sulfone groups is 1. The molecule has 17 heavy (non-hydrogen) atoms. The molecule has 0 unspecified atom stereocenters. The summed E-state index contributed by atoms with van der Waals surface area (Å²) in [5.74, 6) is 0.303. The van der Waals surface area contributed by atoms with Crippen LogP contribution in [0, 0.1) is 6.92 Å². The fourth-order valence-electron chi connectivity index (χ4n) is 1.34. The highest BCUT2D eigenvalue weighted by Crippen LogP contribution is 2.32. The molecule has 0 aromatic heterocycles. The van der Waals surface area contributed by atoms with E-state index in [-0.39, 0.29) is 11.5 Å². The van der Waals surface area contributed by atoms with Crippen molar-refractivity contribution in [2.45, 2.75) is 11.8 Å². The van der Waals surface area contributed by atoms with Gasteiger partial charge in [-0.05, 0) is 19.1 Å². The van der Waals surface area contributed by atoms with Crippen LogP contribution in [0.5, 0.6) is 5.75 Å². The summed E-state index contributed by atoms with van der Waals surface area (Å²) in [5.41, 5.74) is 0.616. The lowest BCUT2D eigenvalue weighted by Crippen LogP contribution is -2.09. The monoisotopic (exact) mass is 278 g/mol. The first-order valence-corrected chi connectivity index (χ1v) is 7.25. The van der Waals surface area contributed by atoms with Crippen LogP contribution < -0.4 is 4.74 Å². The molecule has 0 heterocycles. The quantitative estimate of drug-likeness (QED) is 0.774. The van der Waals surface area contributed by atoms with Crippen molar-refractivity contribution in [2.24, 2.45) is 0 Å². The Hall–Kier alpha value is -0.780. The molecule has 0 atom stereocenters. The van der Waals surface area contributed by atoms with E-state index >= 15 is 0 Å². The molecule has 0 bridgehead atoms. The first kappa shape index (κ1) is 14.3. The number of ether oxygens (including phenoxy) is 2. The number of hydrogen-bond acceptors (Lipinski definition) is 4. The van der Waals surface area contributed by atoms with Gasteiger partial charge in [-0.15, -0.1) is 0 Å². The topological polar surface area (TPSA) is 52.6 Å². The van der Waals surface area contributed by atoms with Gasteiger partial charge < -0.3 is 9.47 Å². The second-order valence-corrected chi connectivity index (χ2v) is 6.00. The third-order valence-corrected chi connectivity index (χ3v) is 3.77. The predicted molar refractivity (Wildman–Crippen MR) is 66.7 cm³/mol. The normalized spacial score (nSPS) is 11.5. The molecular formula is C11H15ClO4S. The van der Waals surface area contributed by atoms with E-state index in [0.717, 1.165) is 6.26 Å². The van der Waals surface area contributed by atoms with Crippen LogP contribution in [0.4, 0.5) is 0 Å². The summed E-state index contributed by atoms with van der Waals surface area (Å²) < 4.78 is 33.5. The lowest BCUT2D eigenvalue weighted by atomic mass is 10.2. The van der Waals surface area contributed by atoms with Crippen LogP contribution in [-0.2, 0) is 14.6 Å². The second-order valence-electron chi connectivity index (χ2n) is 3.61. The smallest absolute Gasteiger partial charge is 0.179 e. The van der Waals surface area contributed by atoms with Crippen molar-refractivity contribution < 1.29 is 17.9 Å². The first-order valence-electron chi connectivity index (χ1n) is 4.99. The summed E-state index contributed by atoms with van der Waals surface area (Å²) in [6.07, 6.45) is 1.14. The molecule has 0 aliphatic rings. The Morgan fingerprint density at radius 2 is 1.94 bits per heavy atom. The van der Waals surface area contributed by atoms with Gasteiger partial charge in [0, 0.05) is 24.0 Å². The van der Waals surface area contributed by atoms with Crippen LogP contribution in [0.3, 0.4) is 0 Å². The van der Waals surface area contributed by atoms with Crippen LogP contribution in [0.15, 0.2) is 17.0 Å². The van der Waals surface area contributed by atoms with Crippen molar-refractivity contribution in [1.82, 2.24) is 0 Å². The summed E-state index contributed by atoms with van der Waals surface area (Å²) in [6.45, 7) is 2.38. The minimum Gasteiger partial charge on any atom is -0.489 e. The van der Waals surface area contributed by atoms with Crippen LogP contribution >= 0.6 is 11.6 Å². The van der Waals surface area contributed by atoms with Gasteiger partial charge in [0.1, 0.15) is 17.3 Å². The van der Waals surface area contributed by atoms with Gasteiger partial charge in [0.25, 0.3) is 0 Å². The van der Waals surface area contributed by atoms with E-state index in [4.69, 9.17) is 21.1 Å². The van der Waals surface area contributed by atoms with Gasteiger partial charge in [0.15, 0.2) is 9.84 Å². The minimum absolute atomic E-state index is 0.149. The fourth-order valence-corrected chi connectivity index (χ4v) is 2.35. The van der Waals surface area contributed by atoms with E-state index in [2.05, 4.69) is 0 Å². The number of halogens is 1. The molecule has 1 rings (SSSR count). The van der Waals surface area contributed by atoms with Crippen LogP contribution in [0.1, 0.15) is 5.56 Å². The van der Waals surface area contributed by atoms with E-state index < -0.39 is 9.84 Å². The Morgan fingerprint density at radius 1 is 1.29 bits per heavy atom. The van der Waals surface area contributed by atoms with Gasteiger partial charge in [0.05, 0.1) is 6.61 Å². The lowest BCUT2D eigenvalue weighted by Gasteiger charge is -2.13. The molecule has 0 fully saturated rings. The van der Waals surface area contributed by atoms with Gasteiger partial charge >= 0.3 is 0 Å². The molecule has 1 aromatic rings. The van der Waals surface area contributed by atoms with Crippen LogP contribution in [-0.4, -0.2) is 35.0 Å². The average Bonchev–Trinajstić information content (AvgIpc) is 2.23. The van der Waals surface area contributed by atoms with E-state index in [1.54, 1.807) is 20.1 Å². The van der Waals surface area contributed by atoms with Crippen molar-refractivity contribution in [1.29, 1.82) is 0 Å². The van der Waals surface area contributed by atoms with Crippen LogP contribution in [0.2, 0.25) is 5.02 Å². The molecule has 0 radical (unpaired) electrons. The summed E-state index contributed by atoms with van der Waals surface area (Å²) in [5, 5.41) is 0.477. The van der Waals surface area contributed by atoms with Crippen molar-refractivity contribution in [3.63, 3.8) is 0 Å². The third-order valence-electron chi connectivity index (χ3n) is 2.24. The number of rotatable bonds is 5. The van der Waals surface area contributed by atoms with Gasteiger partial charge in [-0.2, -0.15) is 0 Å². The molecule has 0 saturated heterocycles. The number of benzene rings is 1. The maximum Gasteiger partial charge on any atom is 0.179 e. The highest BCUT2D eigenvalue weighted by Gasteiger charge is 2.18. The Labute approximate surface area is 106 Å². The zero-order chi connectivity index (χ0) is 13.1. The highest BCUT2D eigenvalue weighted by molar-refractivity contribution is 7.90. The zero-order valence-electron chi connectivity index (χ0n) is 9.99. The predicted octanol–water partition coefficient (Wildman–Crippen LogP) is 2.08. The van der Waals surface area contributed by atoms with E-state index in [0.29, 0.717) is 22.9 Å². The standard InChI is InChI=1S/C11H15ClO4S/c1-8-9(12)4-5-10(17(3,13)14)11(8)16-7-6-15-2/h4-5H,6-7H2,1-3H3. The van der Waals surface area contributed by atoms with Gasteiger partial charge in [0.2, 0.25) is 0 Å². The molecule has 0 N–H and O–H groups in total. The minimum atomic E-state index is -3.33. The lowest BCUT2D eigenvalue weighted by molar-refractivity contribution is 0.144. The highest BCUT2D eigenvalue weighted by atomic mass is 35.5. The van der Waals surface area contributed by atoms with Gasteiger partial charge in [-0.25, -0.2) is 8.42 Å². The van der Waals surface area contributed by atoms with Crippen LogP contribution in [0.25, 0.3) is 0 Å². The zero-order valence-corrected chi connectivity index (χ0v) is 11.6. The number of hydrogen-bond donors (Lipinski definition) is 0. The first-order chi connectivity index (χ1) is 7.88. The molecule has 0 aliphatic heterocycles. The van der Waals surface area contributed by atoms with E-state index in [1.165, 1.54) is 6.07 Å². The summed E-state index contributed by atoms with van der Waals surface area (Å²) >= 11 is 5.94. The third kappa shape index (κ3) is 3.59. The summed E-state index contributed by atoms with van der Waals surface area (Å²) in [4.78, 5) is 0.149. The molecule has 4 nitrogen and oxygen atoms in total. The largest absolute Gasteiger partial charge is 0.489 e. The van der Waals surface area contributed by atoms with Gasteiger partial charge in [-0.3, -0.25) is 0 Å². The van der Waals surface area contributed by atoms with E-state index in [1.807, 2.05) is 0 Å². The van der Waals surface area contributed by atoms with Gasteiger partial charge in [-0.1, -0.05) is 11.6 Å². The molecule has 96 valence electrons. The maximum absolute atomic E-state index is 11.6. The molecule has 0 aliphatic carbocycles. The maximum atomic E-state index is 11.6. The summed E-state index contributed by atoms with van der Waals surface area (Å²) in [7, 11) is -1.79. The van der Waals surface area contributed by atoms with Crippen molar-refractivity contribution in [3.8, 4) is 5.75 Å². The Bertz CT molecular complexity index is 496. The Morgan fingerprint density at radius 3 is 2.47 bits per heavy atom. The molecule has 0 spiro atoms. The van der Waals surface area contributed by atoms with Crippen molar-refractivity contribution >= 4 is 21.4 Å². The second kappa shape index (κ2) is 5.71. The fraction of sp³-hybridized carbons (Fsp3) is 0.455. The Balaban J connectivity index is 3.18. The number of methoxy groups -OCH3 is 1. The SMILES string of the molecule is COCCOc1c(S(C)(=O)=O)ccc(Cl)c1C. The Kier molecular flexibility index (Phi) is 4.80. The molecule has 0 saturated carbocycles. The molecule has 1 aromatic carbocycles. The van der Waals surface area contributed by atoms with E-state index in [9.17, 15) is 8.42 Å². The molecule has 0 amide bonds. The van der Waals surface area contributed by atoms with Crippen molar-refractivity contribution in [3.05, 3.63) is 22.7 Å². The molecular weight excluding hydrogens is 264 g/mol. The average molecular weight is 279 g/mol.